The normalized spacial score (nSPS) is 14.8. The van der Waals surface area contributed by atoms with E-state index in [2.05, 4.69) is 16.5 Å². The first kappa shape index (κ1) is 33.2. The van der Waals surface area contributed by atoms with Crippen molar-refractivity contribution in [3.05, 3.63) is 110 Å². The molecule has 0 bridgehead atoms. The van der Waals surface area contributed by atoms with Crippen molar-refractivity contribution in [2.24, 2.45) is 0 Å². The second-order valence-electron chi connectivity index (χ2n) is 11.8. The predicted molar refractivity (Wildman–Crippen MR) is 177 cm³/mol. The molecular formula is C36H35Cl2F2N3O4. The van der Waals surface area contributed by atoms with Crippen molar-refractivity contribution in [1.29, 1.82) is 0 Å². The van der Waals surface area contributed by atoms with E-state index >= 15 is 0 Å². The van der Waals surface area contributed by atoms with Gasteiger partial charge in [-0.3, -0.25) is 4.79 Å². The molecule has 0 saturated heterocycles. The molecule has 6 rings (SSSR count). The number of methoxy groups -OCH3 is 1. The summed E-state index contributed by atoms with van der Waals surface area (Å²) in [5.74, 6) is -0.527. The summed E-state index contributed by atoms with van der Waals surface area (Å²) >= 11 is 12.6. The smallest absolute Gasteiger partial charge is 0.251 e. The lowest BCUT2D eigenvalue weighted by molar-refractivity contribution is -0.128. The molecule has 0 radical (unpaired) electrons. The monoisotopic (exact) mass is 681 g/mol. The Morgan fingerprint density at radius 1 is 1.06 bits per heavy atom. The van der Waals surface area contributed by atoms with E-state index in [1.807, 2.05) is 41.3 Å². The lowest BCUT2D eigenvalue weighted by Gasteiger charge is -2.28. The summed E-state index contributed by atoms with van der Waals surface area (Å²) in [5.41, 5.74) is 4.78. The third-order valence-electron chi connectivity index (χ3n) is 8.43. The Bertz CT molecular complexity index is 1770. The molecule has 11 heteroatoms. The minimum absolute atomic E-state index is 0.0176. The van der Waals surface area contributed by atoms with E-state index in [1.54, 1.807) is 7.11 Å². The first-order valence-corrected chi connectivity index (χ1v) is 16.4. The number of hydrogen-bond acceptors (Lipinski definition) is 6. The highest BCUT2D eigenvalue weighted by Gasteiger charge is 2.35. The van der Waals surface area contributed by atoms with Crippen LogP contribution in [0.2, 0.25) is 10.0 Å². The maximum Gasteiger partial charge on any atom is 0.251 e. The summed E-state index contributed by atoms with van der Waals surface area (Å²) in [6, 6.07) is 17.2. The first-order chi connectivity index (χ1) is 22.8. The number of carbonyl (C=O) groups excluding carboxylic acids is 1. The van der Waals surface area contributed by atoms with Crippen LogP contribution in [0.4, 0.5) is 8.78 Å². The second-order valence-corrected chi connectivity index (χ2v) is 12.6. The van der Waals surface area contributed by atoms with Crippen LogP contribution in [0.3, 0.4) is 0 Å². The molecule has 1 saturated carbocycles. The zero-order valence-corrected chi connectivity index (χ0v) is 27.5. The molecule has 1 aliphatic carbocycles. The molecular weight excluding hydrogens is 647 g/mol. The third kappa shape index (κ3) is 7.87. The van der Waals surface area contributed by atoms with Crippen molar-refractivity contribution in [2.45, 2.75) is 51.3 Å². The molecule has 1 fully saturated rings. The number of amides is 1. The van der Waals surface area contributed by atoms with Crippen LogP contribution in [-0.2, 0) is 29.1 Å². The molecule has 47 heavy (non-hydrogen) atoms. The average Bonchev–Trinajstić information content (AvgIpc) is 3.83. The van der Waals surface area contributed by atoms with Gasteiger partial charge in [-0.25, -0.2) is 8.78 Å². The van der Waals surface area contributed by atoms with Gasteiger partial charge >= 0.3 is 0 Å². The Labute approximate surface area is 282 Å². The zero-order valence-electron chi connectivity index (χ0n) is 26.0. The van der Waals surface area contributed by atoms with Gasteiger partial charge in [-0.1, -0.05) is 52.6 Å². The first-order valence-electron chi connectivity index (χ1n) is 15.6. The van der Waals surface area contributed by atoms with Crippen molar-refractivity contribution in [3.8, 4) is 17.0 Å². The molecule has 1 aromatic heterocycles. The number of nitrogens with zero attached hydrogens (tertiary/aromatic N) is 2. The van der Waals surface area contributed by atoms with Crippen LogP contribution < -0.4 is 10.1 Å². The van der Waals surface area contributed by atoms with E-state index < -0.39 is 11.6 Å². The van der Waals surface area contributed by atoms with E-state index in [1.165, 1.54) is 11.6 Å². The van der Waals surface area contributed by atoms with Crippen molar-refractivity contribution in [2.75, 3.05) is 26.8 Å². The number of rotatable bonds is 13. The molecule has 1 aliphatic heterocycles. The quantitative estimate of drug-likeness (QED) is 0.114. The minimum Gasteiger partial charge on any atom is -0.486 e. The highest BCUT2D eigenvalue weighted by Crippen LogP contribution is 2.35. The lowest BCUT2D eigenvalue weighted by atomic mass is 9.93. The van der Waals surface area contributed by atoms with Crippen LogP contribution >= 0.6 is 23.2 Å². The Balaban J connectivity index is 1.15. The number of aromatic nitrogens is 1. The molecule has 2 aliphatic rings. The van der Waals surface area contributed by atoms with E-state index in [4.69, 9.17) is 37.2 Å². The minimum atomic E-state index is -0.749. The highest BCUT2D eigenvalue weighted by molar-refractivity contribution is 6.33. The Morgan fingerprint density at radius 2 is 1.85 bits per heavy atom. The largest absolute Gasteiger partial charge is 0.486 e. The van der Waals surface area contributed by atoms with Gasteiger partial charge in [0.15, 0.2) is 5.76 Å². The number of ether oxygens (including phenoxy) is 2. The number of halogens is 4. The van der Waals surface area contributed by atoms with E-state index in [9.17, 15) is 13.6 Å². The van der Waals surface area contributed by atoms with E-state index in [0.717, 1.165) is 73.1 Å². The van der Waals surface area contributed by atoms with Crippen LogP contribution in [0.25, 0.3) is 16.8 Å². The molecule has 0 spiro atoms. The van der Waals surface area contributed by atoms with Crippen LogP contribution in [-0.4, -0.2) is 48.8 Å². The maximum atomic E-state index is 14.3. The molecule has 1 amide bonds. The van der Waals surface area contributed by atoms with Crippen molar-refractivity contribution >= 4 is 34.7 Å². The van der Waals surface area contributed by atoms with Gasteiger partial charge in [0.05, 0.1) is 10.6 Å². The molecule has 4 aromatic rings. The highest BCUT2D eigenvalue weighted by atomic mass is 35.5. The number of benzene rings is 3. The Morgan fingerprint density at radius 3 is 2.62 bits per heavy atom. The third-order valence-corrected chi connectivity index (χ3v) is 9.17. The van der Waals surface area contributed by atoms with Gasteiger partial charge in [-0.15, -0.1) is 0 Å². The van der Waals surface area contributed by atoms with E-state index in [0.29, 0.717) is 36.2 Å². The fraction of sp³-hybridized carbons (Fsp3) is 0.333. The summed E-state index contributed by atoms with van der Waals surface area (Å²) in [4.78, 5) is 16.1. The fourth-order valence-electron chi connectivity index (χ4n) is 5.81. The molecule has 0 atom stereocenters. The van der Waals surface area contributed by atoms with Crippen LogP contribution in [0, 0.1) is 11.6 Å². The molecule has 7 nitrogen and oxygen atoms in total. The van der Waals surface area contributed by atoms with Gasteiger partial charge in [-0.05, 0) is 91.2 Å². The van der Waals surface area contributed by atoms with Crippen LogP contribution in [0.15, 0.2) is 70.8 Å². The van der Waals surface area contributed by atoms with Gasteiger partial charge in [-0.2, -0.15) is 0 Å². The number of aryl methyl sites for hydroxylation is 1. The second kappa shape index (κ2) is 15.0. The van der Waals surface area contributed by atoms with Gasteiger partial charge in [0.25, 0.3) is 5.91 Å². The predicted octanol–water partition coefficient (Wildman–Crippen LogP) is 8.02. The number of nitrogens with one attached hydrogen (secondary N) is 1. The van der Waals surface area contributed by atoms with Gasteiger partial charge < -0.3 is 24.2 Å². The summed E-state index contributed by atoms with van der Waals surface area (Å²) in [6.45, 7) is 2.44. The van der Waals surface area contributed by atoms with Gasteiger partial charge in [0.1, 0.15) is 29.7 Å². The van der Waals surface area contributed by atoms with Crippen molar-refractivity contribution in [3.63, 3.8) is 0 Å². The summed E-state index contributed by atoms with van der Waals surface area (Å²) < 4.78 is 44.5. The van der Waals surface area contributed by atoms with Gasteiger partial charge in [0.2, 0.25) is 0 Å². The molecule has 246 valence electrons. The fourth-order valence-corrected chi connectivity index (χ4v) is 6.24. The maximum absolute atomic E-state index is 14.3. The Hall–Kier alpha value is -3.76. The zero-order chi connectivity index (χ0) is 32.9. The molecule has 1 N–H and O–H groups in total. The van der Waals surface area contributed by atoms with Crippen LogP contribution in [0.5, 0.6) is 5.75 Å². The Kier molecular flexibility index (Phi) is 10.6. The number of hydrogen-bond donors (Lipinski definition) is 1. The SMILES string of the molecule is COCCCc1ccc(Cl)c(CN(C(=O)C2=C(c3ccc(OCc4cc(-c5c(F)ccc(F)c5Cl)no4)cc3)CCNC2)C2CC2)c1. The molecule has 2 heterocycles. The standard InChI is InChI=1S/C36H35Cl2F2N3O4/c1-45-16-2-3-22-4-11-30(37)24(17-22)20-43(25-7-8-25)36(44)29-19-41-15-14-28(29)23-5-9-26(10-6-23)46-21-27-18-33(42-47-27)34-31(39)12-13-32(40)35(34)38/h4-6,9-13,17-18,25,41H,2-3,7-8,14-16,19-21H2,1H3. The summed E-state index contributed by atoms with van der Waals surface area (Å²) in [7, 11) is 1.70. The van der Waals surface area contributed by atoms with Crippen molar-refractivity contribution in [1.82, 2.24) is 15.4 Å². The van der Waals surface area contributed by atoms with E-state index in [-0.39, 0.29) is 34.8 Å². The topological polar surface area (TPSA) is 76.8 Å². The van der Waals surface area contributed by atoms with Gasteiger partial charge in [0, 0.05) is 49.5 Å². The molecule has 3 aromatic carbocycles. The summed E-state index contributed by atoms with van der Waals surface area (Å²) in [6.07, 6.45) is 4.49. The summed E-state index contributed by atoms with van der Waals surface area (Å²) in [5, 5.41) is 7.52. The average molecular weight is 683 g/mol. The lowest BCUT2D eigenvalue weighted by Crippen LogP contribution is -2.39. The molecule has 0 unspecified atom stereocenters. The number of carbonyl (C=O) groups is 1. The van der Waals surface area contributed by atoms with Crippen LogP contribution in [0.1, 0.15) is 48.1 Å². The van der Waals surface area contributed by atoms with Crippen molar-refractivity contribution < 1.29 is 27.6 Å².